The van der Waals surface area contributed by atoms with Crippen molar-refractivity contribution >= 4 is 6.09 Å². The van der Waals surface area contributed by atoms with Gasteiger partial charge in [0.1, 0.15) is 11.7 Å². The van der Waals surface area contributed by atoms with E-state index in [-0.39, 0.29) is 18.2 Å². The van der Waals surface area contributed by atoms with Crippen LogP contribution in [-0.2, 0) is 9.47 Å². The number of ether oxygens (including phenoxy) is 2. The second kappa shape index (κ2) is 3.67. The fourth-order valence-corrected chi connectivity index (χ4v) is 2.00. The molecule has 15 heavy (non-hydrogen) atoms. The third-order valence-electron chi connectivity index (χ3n) is 2.72. The van der Waals surface area contributed by atoms with Gasteiger partial charge in [-0.2, -0.15) is 0 Å². The molecule has 2 aliphatic rings. The third-order valence-corrected chi connectivity index (χ3v) is 2.72. The minimum absolute atomic E-state index is 0.194. The Morgan fingerprint density at radius 1 is 1.47 bits per heavy atom. The van der Waals surface area contributed by atoms with Gasteiger partial charge in [-0.3, -0.25) is 0 Å². The summed E-state index contributed by atoms with van der Waals surface area (Å²) < 4.78 is 10.6. The minimum Gasteiger partial charge on any atom is -0.444 e. The van der Waals surface area contributed by atoms with E-state index in [4.69, 9.17) is 9.47 Å². The molecule has 2 rings (SSSR count). The number of hydrogen-bond acceptors (Lipinski definition) is 3. The Hall–Kier alpha value is -0.770. The summed E-state index contributed by atoms with van der Waals surface area (Å²) in [7, 11) is 0. The number of carbonyl (C=O) groups excluding carboxylic acids is 1. The van der Waals surface area contributed by atoms with Crippen LogP contribution in [0.5, 0.6) is 0 Å². The first kappa shape index (κ1) is 10.7. The number of rotatable bonds is 1. The van der Waals surface area contributed by atoms with Gasteiger partial charge >= 0.3 is 6.09 Å². The molecule has 0 unspecified atom stereocenters. The van der Waals surface area contributed by atoms with Crippen LogP contribution in [0.15, 0.2) is 0 Å². The lowest BCUT2D eigenvalue weighted by Gasteiger charge is -2.27. The van der Waals surface area contributed by atoms with Crippen molar-refractivity contribution in [2.45, 2.75) is 51.4 Å². The van der Waals surface area contributed by atoms with Crippen molar-refractivity contribution in [2.75, 3.05) is 13.2 Å². The smallest absolute Gasteiger partial charge is 0.410 e. The van der Waals surface area contributed by atoms with Gasteiger partial charge in [0.05, 0.1) is 12.6 Å². The molecule has 0 bridgehead atoms. The Morgan fingerprint density at radius 2 is 2.13 bits per heavy atom. The molecule has 2 saturated heterocycles. The maximum absolute atomic E-state index is 11.9. The zero-order chi connectivity index (χ0) is 11.1. The van der Waals surface area contributed by atoms with E-state index in [1.807, 2.05) is 25.7 Å². The first-order valence-electron chi connectivity index (χ1n) is 5.58. The highest BCUT2D eigenvalue weighted by Gasteiger charge is 2.42. The van der Waals surface area contributed by atoms with Crippen LogP contribution in [0, 0.1) is 0 Å². The summed E-state index contributed by atoms with van der Waals surface area (Å²) in [4.78, 5) is 13.7. The van der Waals surface area contributed by atoms with E-state index >= 15 is 0 Å². The van der Waals surface area contributed by atoms with Gasteiger partial charge in [0.15, 0.2) is 0 Å². The Bertz CT molecular complexity index is 255. The van der Waals surface area contributed by atoms with Gasteiger partial charge in [-0.15, -0.1) is 0 Å². The molecule has 2 heterocycles. The fourth-order valence-electron chi connectivity index (χ4n) is 2.00. The maximum atomic E-state index is 11.9. The SMILES string of the molecule is CC(C)(C)OC(=O)N1CCC[C@@H]1[C@H]1CO1. The van der Waals surface area contributed by atoms with Crippen molar-refractivity contribution in [1.29, 1.82) is 0 Å². The zero-order valence-electron chi connectivity index (χ0n) is 9.66. The van der Waals surface area contributed by atoms with E-state index < -0.39 is 5.60 Å². The molecule has 2 fully saturated rings. The third kappa shape index (κ3) is 2.62. The normalized spacial score (nSPS) is 30.5. The molecular formula is C11H19NO3. The van der Waals surface area contributed by atoms with Crippen molar-refractivity contribution in [1.82, 2.24) is 4.90 Å². The summed E-state index contributed by atoms with van der Waals surface area (Å²) in [5, 5.41) is 0. The van der Waals surface area contributed by atoms with E-state index in [1.54, 1.807) is 0 Å². The lowest BCUT2D eigenvalue weighted by Crippen LogP contribution is -2.42. The summed E-state index contributed by atoms with van der Waals surface area (Å²) in [6.45, 7) is 7.28. The van der Waals surface area contributed by atoms with E-state index in [0.29, 0.717) is 0 Å². The van der Waals surface area contributed by atoms with Crippen molar-refractivity contribution in [2.24, 2.45) is 0 Å². The average Bonchev–Trinajstić information content (AvgIpc) is 2.80. The lowest BCUT2D eigenvalue weighted by molar-refractivity contribution is 0.0204. The molecule has 0 aliphatic carbocycles. The summed E-state index contributed by atoms with van der Waals surface area (Å²) in [6, 6.07) is 0.250. The largest absolute Gasteiger partial charge is 0.444 e. The van der Waals surface area contributed by atoms with Crippen LogP contribution in [0.1, 0.15) is 33.6 Å². The Balaban J connectivity index is 1.93. The van der Waals surface area contributed by atoms with Crippen LogP contribution >= 0.6 is 0 Å². The maximum Gasteiger partial charge on any atom is 0.410 e. The van der Waals surface area contributed by atoms with Crippen LogP contribution < -0.4 is 0 Å². The predicted octanol–water partition coefficient (Wildman–Crippen LogP) is 1.78. The van der Waals surface area contributed by atoms with E-state index in [2.05, 4.69) is 0 Å². The molecular weight excluding hydrogens is 194 g/mol. The van der Waals surface area contributed by atoms with Gasteiger partial charge < -0.3 is 14.4 Å². The standard InChI is InChI=1S/C11H19NO3/c1-11(2,3)15-10(13)12-6-4-5-8(12)9-7-14-9/h8-9H,4-7H2,1-3H3/t8-,9-/m1/s1. The molecule has 0 aromatic heterocycles. The first-order valence-corrected chi connectivity index (χ1v) is 5.58. The van der Waals surface area contributed by atoms with Crippen LogP contribution in [0.3, 0.4) is 0 Å². The molecule has 0 aromatic rings. The summed E-state index contributed by atoms with van der Waals surface area (Å²) in [5.74, 6) is 0. The van der Waals surface area contributed by atoms with Gasteiger partial charge in [0, 0.05) is 6.54 Å². The van der Waals surface area contributed by atoms with Gasteiger partial charge in [-0.25, -0.2) is 4.79 Å². The molecule has 0 N–H and O–H groups in total. The number of amides is 1. The van der Waals surface area contributed by atoms with Gasteiger partial charge in [-0.05, 0) is 33.6 Å². The Kier molecular flexibility index (Phi) is 2.63. The molecule has 4 heteroatoms. The summed E-state index contributed by atoms with van der Waals surface area (Å²) in [6.07, 6.45) is 2.17. The van der Waals surface area contributed by atoms with E-state index in [9.17, 15) is 4.79 Å². The highest BCUT2D eigenvalue weighted by Crippen LogP contribution is 2.29. The molecule has 1 amide bonds. The summed E-state index contributed by atoms with van der Waals surface area (Å²) in [5.41, 5.74) is -0.408. The Morgan fingerprint density at radius 3 is 2.67 bits per heavy atom. The molecule has 2 atom stereocenters. The molecule has 2 aliphatic heterocycles. The van der Waals surface area contributed by atoms with Crippen molar-refractivity contribution in [3.05, 3.63) is 0 Å². The molecule has 0 spiro atoms. The topological polar surface area (TPSA) is 42.1 Å². The van der Waals surface area contributed by atoms with Crippen LogP contribution in [0.25, 0.3) is 0 Å². The Labute approximate surface area is 90.5 Å². The number of carbonyl (C=O) groups is 1. The zero-order valence-corrected chi connectivity index (χ0v) is 9.66. The highest BCUT2D eigenvalue weighted by atomic mass is 16.6. The van der Waals surface area contributed by atoms with Crippen molar-refractivity contribution < 1.29 is 14.3 Å². The molecule has 0 radical (unpaired) electrons. The lowest BCUT2D eigenvalue weighted by atomic mass is 10.1. The van der Waals surface area contributed by atoms with E-state index in [1.165, 1.54) is 0 Å². The van der Waals surface area contributed by atoms with Gasteiger partial charge in [0.2, 0.25) is 0 Å². The minimum atomic E-state index is -0.408. The number of epoxide rings is 1. The quantitative estimate of drug-likeness (QED) is 0.623. The number of hydrogen-bond donors (Lipinski definition) is 0. The monoisotopic (exact) mass is 213 g/mol. The molecule has 4 nitrogen and oxygen atoms in total. The molecule has 0 aromatic carbocycles. The molecule has 86 valence electrons. The molecule has 0 saturated carbocycles. The second-order valence-corrected chi connectivity index (χ2v) is 5.26. The van der Waals surface area contributed by atoms with Crippen molar-refractivity contribution in [3.63, 3.8) is 0 Å². The van der Waals surface area contributed by atoms with Crippen LogP contribution in [-0.4, -0.2) is 41.9 Å². The van der Waals surface area contributed by atoms with Crippen LogP contribution in [0.2, 0.25) is 0 Å². The van der Waals surface area contributed by atoms with Gasteiger partial charge in [0.25, 0.3) is 0 Å². The fraction of sp³-hybridized carbons (Fsp3) is 0.909. The second-order valence-electron chi connectivity index (χ2n) is 5.26. The number of likely N-dealkylation sites (tertiary alicyclic amines) is 1. The predicted molar refractivity (Wildman–Crippen MR) is 55.7 cm³/mol. The van der Waals surface area contributed by atoms with Gasteiger partial charge in [-0.1, -0.05) is 0 Å². The highest BCUT2D eigenvalue weighted by molar-refractivity contribution is 5.69. The van der Waals surface area contributed by atoms with E-state index in [0.717, 1.165) is 26.0 Å². The number of nitrogens with zero attached hydrogens (tertiary/aromatic N) is 1. The summed E-state index contributed by atoms with van der Waals surface area (Å²) >= 11 is 0. The van der Waals surface area contributed by atoms with Crippen LogP contribution in [0.4, 0.5) is 4.79 Å². The van der Waals surface area contributed by atoms with Crippen molar-refractivity contribution in [3.8, 4) is 0 Å². The first-order chi connectivity index (χ1) is 6.97. The average molecular weight is 213 g/mol.